The number of likely N-dealkylation sites (tertiary alicyclic amines) is 1. The second kappa shape index (κ2) is 6.06. The number of fused-ring (bicyclic) bond motifs is 4. The molecule has 4 heterocycles. The number of piperidine rings is 1. The fraction of sp³-hybridized carbons (Fsp3) is 0.400. The minimum atomic E-state index is -0.345. The molecule has 5 rings (SSSR count). The summed E-state index contributed by atoms with van der Waals surface area (Å²) in [7, 11) is 2.17. The molecule has 5 nitrogen and oxygen atoms in total. The summed E-state index contributed by atoms with van der Waals surface area (Å²) in [6, 6.07) is 10.6. The highest BCUT2D eigenvalue weighted by atomic mass is 79.9. The van der Waals surface area contributed by atoms with E-state index in [2.05, 4.69) is 62.1 Å². The van der Waals surface area contributed by atoms with E-state index in [9.17, 15) is 0 Å². The molecule has 6 heteroatoms. The Kier molecular flexibility index (Phi) is 3.79. The number of halogens is 1. The largest absolute Gasteiger partial charge is 0.466 e. The number of ether oxygens (including phenoxy) is 1. The summed E-state index contributed by atoms with van der Waals surface area (Å²) in [5, 5.41) is 7.31. The van der Waals surface area contributed by atoms with Crippen molar-refractivity contribution in [2.45, 2.75) is 31.0 Å². The number of hydrogen-bond donors (Lipinski definition) is 0. The predicted octanol–water partition coefficient (Wildman–Crippen LogP) is 3.81. The number of rotatable bonds is 1. The van der Waals surface area contributed by atoms with Gasteiger partial charge in [0, 0.05) is 60.3 Å². The molecular weight excluding hydrogens is 392 g/mol. The maximum atomic E-state index is 6.62. The van der Waals surface area contributed by atoms with Gasteiger partial charge in [-0.2, -0.15) is 5.10 Å². The molecule has 26 heavy (non-hydrogen) atoms. The first kappa shape index (κ1) is 16.3. The second-order valence-corrected chi connectivity index (χ2v) is 8.30. The molecule has 1 aromatic carbocycles. The van der Waals surface area contributed by atoms with Gasteiger partial charge in [0.05, 0.1) is 11.8 Å². The normalized spacial score (nSPS) is 24.0. The molecular formula is C20H21BrN4O. The standard InChI is InChI=1S/C20H21BrN4O/c1-24-9-6-20(7-10-24)25-18(16-11-15(21)4-5-19(16)26-20)12-17(23-25)14-3-2-8-22-13-14/h2-5,8,11,13,18H,6-7,9-10,12H2,1H3. The van der Waals surface area contributed by atoms with Crippen LogP contribution in [0.3, 0.4) is 0 Å². The quantitative estimate of drug-likeness (QED) is 0.713. The van der Waals surface area contributed by atoms with Crippen molar-refractivity contribution < 1.29 is 4.74 Å². The minimum absolute atomic E-state index is 0.217. The molecule has 1 saturated heterocycles. The van der Waals surface area contributed by atoms with Gasteiger partial charge in [0.25, 0.3) is 0 Å². The highest BCUT2D eigenvalue weighted by Gasteiger charge is 2.51. The zero-order valence-electron chi connectivity index (χ0n) is 14.7. The minimum Gasteiger partial charge on any atom is -0.466 e. The lowest BCUT2D eigenvalue weighted by atomic mass is 9.91. The van der Waals surface area contributed by atoms with Gasteiger partial charge in [-0.1, -0.05) is 22.0 Å². The SMILES string of the molecule is CN1CCC2(CC1)Oc1ccc(Br)cc1C1CC(c3cccnc3)=NN12. The Balaban J connectivity index is 1.60. The molecule has 0 aliphatic carbocycles. The molecule has 2 aromatic rings. The molecule has 134 valence electrons. The van der Waals surface area contributed by atoms with Crippen molar-refractivity contribution in [2.24, 2.45) is 5.10 Å². The number of hydrazone groups is 1. The van der Waals surface area contributed by atoms with Gasteiger partial charge in [-0.05, 0) is 31.3 Å². The molecule has 1 atom stereocenters. The Bertz CT molecular complexity index is 861. The first-order chi connectivity index (χ1) is 12.6. The molecule has 3 aliphatic heterocycles. The van der Waals surface area contributed by atoms with Gasteiger partial charge in [-0.3, -0.25) is 4.98 Å². The number of nitrogens with zero attached hydrogens (tertiary/aromatic N) is 4. The van der Waals surface area contributed by atoms with E-state index < -0.39 is 0 Å². The summed E-state index contributed by atoms with van der Waals surface area (Å²) in [4.78, 5) is 6.64. The lowest BCUT2D eigenvalue weighted by Crippen LogP contribution is -2.58. The second-order valence-electron chi connectivity index (χ2n) is 7.39. The van der Waals surface area contributed by atoms with Crippen molar-refractivity contribution in [1.29, 1.82) is 0 Å². The van der Waals surface area contributed by atoms with Crippen LogP contribution in [0, 0.1) is 0 Å². The van der Waals surface area contributed by atoms with E-state index in [1.165, 1.54) is 5.56 Å². The van der Waals surface area contributed by atoms with E-state index in [-0.39, 0.29) is 11.8 Å². The topological polar surface area (TPSA) is 41.0 Å². The number of hydrogen-bond acceptors (Lipinski definition) is 5. The molecule has 1 spiro atoms. The van der Waals surface area contributed by atoms with E-state index in [1.807, 2.05) is 12.3 Å². The Morgan fingerprint density at radius 1 is 1.23 bits per heavy atom. The molecule has 1 fully saturated rings. The van der Waals surface area contributed by atoms with Gasteiger partial charge in [0.1, 0.15) is 5.75 Å². The van der Waals surface area contributed by atoms with Crippen LogP contribution in [-0.2, 0) is 0 Å². The Morgan fingerprint density at radius 2 is 2.08 bits per heavy atom. The van der Waals surface area contributed by atoms with Crippen LogP contribution in [-0.4, -0.2) is 46.5 Å². The Morgan fingerprint density at radius 3 is 2.85 bits per heavy atom. The third-order valence-electron chi connectivity index (χ3n) is 5.72. The number of benzene rings is 1. The van der Waals surface area contributed by atoms with Crippen molar-refractivity contribution >= 4 is 21.6 Å². The van der Waals surface area contributed by atoms with E-state index >= 15 is 0 Å². The fourth-order valence-electron chi connectivity index (χ4n) is 4.26. The summed E-state index contributed by atoms with van der Waals surface area (Å²) in [5.74, 6) is 1.00. The van der Waals surface area contributed by atoms with Crippen LogP contribution in [0.5, 0.6) is 5.75 Å². The van der Waals surface area contributed by atoms with Crippen LogP contribution in [0.2, 0.25) is 0 Å². The molecule has 0 amide bonds. The maximum Gasteiger partial charge on any atom is 0.200 e. The summed E-state index contributed by atoms with van der Waals surface area (Å²) in [6.07, 6.45) is 6.51. The first-order valence-corrected chi connectivity index (χ1v) is 9.88. The monoisotopic (exact) mass is 412 g/mol. The van der Waals surface area contributed by atoms with E-state index in [0.717, 1.165) is 53.8 Å². The number of aromatic nitrogens is 1. The molecule has 1 aromatic heterocycles. The average Bonchev–Trinajstić information content (AvgIpc) is 3.12. The van der Waals surface area contributed by atoms with E-state index in [1.54, 1.807) is 6.20 Å². The van der Waals surface area contributed by atoms with Crippen LogP contribution in [0.4, 0.5) is 0 Å². The van der Waals surface area contributed by atoms with Gasteiger partial charge in [0.2, 0.25) is 5.72 Å². The average molecular weight is 413 g/mol. The smallest absolute Gasteiger partial charge is 0.200 e. The summed E-state index contributed by atoms with van der Waals surface area (Å²) in [6.45, 7) is 2.04. The van der Waals surface area contributed by atoms with Crippen LogP contribution >= 0.6 is 15.9 Å². The highest BCUT2D eigenvalue weighted by molar-refractivity contribution is 9.10. The van der Waals surface area contributed by atoms with Crippen LogP contribution in [0.1, 0.15) is 36.4 Å². The third-order valence-corrected chi connectivity index (χ3v) is 6.22. The van der Waals surface area contributed by atoms with Crippen LogP contribution < -0.4 is 4.74 Å². The highest BCUT2D eigenvalue weighted by Crippen LogP contribution is 2.50. The number of pyridine rings is 1. The summed E-state index contributed by atoms with van der Waals surface area (Å²) in [5.41, 5.74) is 3.06. The van der Waals surface area contributed by atoms with Crippen molar-refractivity contribution in [3.8, 4) is 5.75 Å². The van der Waals surface area contributed by atoms with Gasteiger partial charge in [0.15, 0.2) is 0 Å². The Hall–Kier alpha value is -1.92. The van der Waals surface area contributed by atoms with Gasteiger partial charge in [-0.15, -0.1) is 0 Å². The van der Waals surface area contributed by atoms with E-state index in [0.29, 0.717) is 0 Å². The van der Waals surface area contributed by atoms with Crippen molar-refractivity contribution in [3.05, 3.63) is 58.3 Å². The van der Waals surface area contributed by atoms with Crippen molar-refractivity contribution in [2.75, 3.05) is 20.1 Å². The third kappa shape index (κ3) is 2.55. The summed E-state index contributed by atoms with van der Waals surface area (Å²) >= 11 is 3.61. The molecule has 0 saturated carbocycles. The lowest BCUT2D eigenvalue weighted by molar-refractivity contribution is -0.147. The molecule has 0 N–H and O–H groups in total. The zero-order chi connectivity index (χ0) is 17.7. The van der Waals surface area contributed by atoms with Crippen molar-refractivity contribution in [1.82, 2.24) is 14.9 Å². The molecule has 3 aliphatic rings. The lowest BCUT2D eigenvalue weighted by Gasteiger charge is -2.50. The maximum absolute atomic E-state index is 6.62. The summed E-state index contributed by atoms with van der Waals surface area (Å²) < 4.78 is 7.70. The van der Waals surface area contributed by atoms with Gasteiger partial charge in [-0.25, -0.2) is 5.01 Å². The first-order valence-electron chi connectivity index (χ1n) is 9.09. The predicted molar refractivity (Wildman–Crippen MR) is 104 cm³/mol. The van der Waals surface area contributed by atoms with Crippen LogP contribution in [0.15, 0.2) is 52.3 Å². The molecule has 0 bridgehead atoms. The van der Waals surface area contributed by atoms with Gasteiger partial charge >= 0.3 is 0 Å². The fourth-order valence-corrected chi connectivity index (χ4v) is 4.64. The molecule has 1 unspecified atom stereocenters. The zero-order valence-corrected chi connectivity index (χ0v) is 16.3. The van der Waals surface area contributed by atoms with E-state index in [4.69, 9.17) is 9.84 Å². The van der Waals surface area contributed by atoms with Crippen LogP contribution in [0.25, 0.3) is 0 Å². The van der Waals surface area contributed by atoms with Gasteiger partial charge < -0.3 is 9.64 Å². The molecule has 0 radical (unpaired) electrons. The Labute approximate surface area is 161 Å². The van der Waals surface area contributed by atoms with Crippen molar-refractivity contribution in [3.63, 3.8) is 0 Å².